The molecule has 9 heteroatoms. The first-order chi connectivity index (χ1) is 13.6. The van der Waals surface area contributed by atoms with Gasteiger partial charge in [0, 0.05) is 5.02 Å². The summed E-state index contributed by atoms with van der Waals surface area (Å²) in [6, 6.07) is 15.9. The molecule has 0 saturated carbocycles. The van der Waals surface area contributed by atoms with Gasteiger partial charge < -0.3 is 9.40 Å². The van der Waals surface area contributed by atoms with Crippen molar-refractivity contribution in [3.8, 4) is 0 Å². The van der Waals surface area contributed by atoms with Crippen molar-refractivity contribution < 1.29 is 9.21 Å². The highest BCUT2D eigenvalue weighted by Crippen LogP contribution is 2.28. The lowest BCUT2D eigenvalue weighted by Gasteiger charge is -2.02. The van der Waals surface area contributed by atoms with Gasteiger partial charge in [0.15, 0.2) is 10.2 Å². The van der Waals surface area contributed by atoms with Crippen LogP contribution >= 0.6 is 35.0 Å². The third-order valence-corrected chi connectivity index (χ3v) is 5.06. The number of aromatic amines is 1. The molecule has 0 unspecified atom stereocenters. The molecule has 4 rings (SSSR count). The van der Waals surface area contributed by atoms with Crippen molar-refractivity contribution in [3.63, 3.8) is 0 Å². The van der Waals surface area contributed by atoms with Gasteiger partial charge in [-0.3, -0.25) is 4.79 Å². The van der Waals surface area contributed by atoms with Crippen LogP contribution in [-0.4, -0.2) is 22.1 Å². The van der Waals surface area contributed by atoms with E-state index in [9.17, 15) is 4.79 Å². The molecule has 2 heterocycles. The Morgan fingerprint density at radius 1 is 1.18 bits per heavy atom. The summed E-state index contributed by atoms with van der Waals surface area (Å²) in [5, 5.41) is 5.97. The van der Waals surface area contributed by atoms with Crippen LogP contribution in [0.2, 0.25) is 10.0 Å². The van der Waals surface area contributed by atoms with E-state index in [0.29, 0.717) is 15.9 Å². The van der Waals surface area contributed by atoms with Crippen LogP contribution in [0.25, 0.3) is 11.0 Å². The van der Waals surface area contributed by atoms with E-state index in [-0.39, 0.29) is 10.6 Å². The van der Waals surface area contributed by atoms with Crippen molar-refractivity contribution >= 4 is 58.1 Å². The van der Waals surface area contributed by atoms with Crippen LogP contribution in [-0.2, 0) is 0 Å². The fraction of sp³-hybridized carbons (Fsp3) is 0. The molecule has 28 heavy (non-hydrogen) atoms. The third-order valence-electron chi connectivity index (χ3n) is 3.70. The zero-order valence-electron chi connectivity index (χ0n) is 14.1. The maximum atomic E-state index is 12.1. The molecule has 0 atom stereocenters. The first kappa shape index (κ1) is 18.6. The minimum atomic E-state index is -0.443. The Kier molecular flexibility index (Phi) is 5.38. The van der Waals surface area contributed by atoms with Gasteiger partial charge in [0.2, 0.25) is 0 Å². The van der Waals surface area contributed by atoms with Crippen LogP contribution in [0.3, 0.4) is 0 Å². The Bertz CT molecular complexity index is 1150. The van der Waals surface area contributed by atoms with Crippen LogP contribution in [0.5, 0.6) is 0 Å². The molecule has 1 amide bonds. The third kappa shape index (κ3) is 4.22. The molecule has 0 aliphatic rings. The molecule has 0 bridgehead atoms. The molecular weight excluding hydrogens is 419 g/mol. The lowest BCUT2D eigenvalue weighted by atomic mass is 10.2. The quantitative estimate of drug-likeness (QED) is 0.328. The van der Waals surface area contributed by atoms with Crippen molar-refractivity contribution in [3.05, 3.63) is 76.0 Å². The number of carbonyl (C=O) groups excluding carboxylic acids is 1. The molecule has 2 N–H and O–H groups in total. The van der Waals surface area contributed by atoms with Gasteiger partial charge in [0.1, 0.15) is 5.76 Å². The monoisotopic (exact) mass is 430 g/mol. The molecule has 0 saturated heterocycles. The van der Waals surface area contributed by atoms with Gasteiger partial charge in [0.25, 0.3) is 5.91 Å². The number of fused-ring (bicyclic) bond motifs is 1. The van der Waals surface area contributed by atoms with E-state index >= 15 is 0 Å². The molecule has 4 aromatic rings. The fourth-order valence-electron chi connectivity index (χ4n) is 2.42. The lowest BCUT2D eigenvalue weighted by Crippen LogP contribution is -2.17. The molecular formula is C19H12Cl2N4O2S. The second-order valence-corrected chi connectivity index (χ2v) is 7.48. The Labute approximate surface area is 173 Å². The summed E-state index contributed by atoms with van der Waals surface area (Å²) < 4.78 is 5.67. The number of hydrogen-bond acceptors (Lipinski definition) is 5. The number of rotatable bonds is 5. The highest BCUT2D eigenvalue weighted by molar-refractivity contribution is 7.99. The number of hydrogen-bond donors (Lipinski definition) is 2. The zero-order chi connectivity index (χ0) is 19.5. The minimum absolute atomic E-state index is 0.253. The number of nitrogens with zero attached hydrogens (tertiary/aromatic N) is 2. The number of nitrogens with one attached hydrogen (secondary N) is 2. The number of para-hydroxylation sites is 2. The largest absolute Gasteiger partial charge is 0.448 e. The molecule has 0 aliphatic heterocycles. The Balaban J connectivity index is 1.39. The van der Waals surface area contributed by atoms with Crippen molar-refractivity contribution in [1.82, 2.24) is 15.4 Å². The van der Waals surface area contributed by atoms with Gasteiger partial charge in [-0.15, -0.1) is 0 Å². The maximum absolute atomic E-state index is 12.1. The number of benzene rings is 2. The van der Waals surface area contributed by atoms with Crippen LogP contribution in [0, 0.1) is 0 Å². The van der Waals surface area contributed by atoms with Crippen LogP contribution in [0.4, 0.5) is 0 Å². The standard InChI is InChI=1S/C19H12Cl2N4O2S/c20-11-5-7-13(14(21)9-11)18(26)25-22-10-12-6-8-17(27-12)28-19-23-15-3-1-2-4-16(15)24-19/h1-10H,(H,23,24)(H,25,26)/b22-10-. The average Bonchev–Trinajstić information content (AvgIpc) is 3.28. The van der Waals surface area contributed by atoms with Crippen LogP contribution in [0.15, 0.2) is 74.4 Å². The van der Waals surface area contributed by atoms with E-state index in [4.69, 9.17) is 27.6 Å². The highest BCUT2D eigenvalue weighted by atomic mass is 35.5. The maximum Gasteiger partial charge on any atom is 0.272 e. The Morgan fingerprint density at radius 3 is 2.86 bits per heavy atom. The first-order valence-electron chi connectivity index (χ1n) is 8.09. The number of aromatic nitrogens is 2. The van der Waals surface area contributed by atoms with Crippen molar-refractivity contribution in [1.29, 1.82) is 0 Å². The molecule has 2 aromatic carbocycles. The summed E-state index contributed by atoms with van der Waals surface area (Å²) in [5.74, 6) is 0.0439. The van der Waals surface area contributed by atoms with Gasteiger partial charge in [0.05, 0.1) is 27.8 Å². The molecule has 2 aromatic heterocycles. The number of imidazole rings is 1. The lowest BCUT2D eigenvalue weighted by molar-refractivity contribution is 0.0955. The predicted molar refractivity (Wildman–Crippen MR) is 110 cm³/mol. The van der Waals surface area contributed by atoms with E-state index in [0.717, 1.165) is 16.2 Å². The fourth-order valence-corrected chi connectivity index (χ4v) is 3.68. The normalized spacial score (nSPS) is 11.4. The highest BCUT2D eigenvalue weighted by Gasteiger charge is 2.10. The van der Waals surface area contributed by atoms with E-state index in [1.54, 1.807) is 18.2 Å². The van der Waals surface area contributed by atoms with E-state index in [1.807, 2.05) is 24.3 Å². The number of H-pyrrole nitrogens is 1. The Hall–Kier alpha value is -2.74. The molecule has 0 fully saturated rings. The smallest absolute Gasteiger partial charge is 0.272 e. The van der Waals surface area contributed by atoms with E-state index < -0.39 is 5.91 Å². The SMILES string of the molecule is O=C(N/N=C\c1ccc(Sc2nc3ccccc3[nH]2)o1)c1ccc(Cl)cc1Cl. The summed E-state index contributed by atoms with van der Waals surface area (Å²) in [7, 11) is 0. The van der Waals surface area contributed by atoms with Crippen LogP contribution < -0.4 is 5.43 Å². The zero-order valence-corrected chi connectivity index (χ0v) is 16.5. The minimum Gasteiger partial charge on any atom is -0.448 e. The van der Waals surface area contributed by atoms with Crippen molar-refractivity contribution in [2.45, 2.75) is 10.2 Å². The predicted octanol–water partition coefficient (Wildman–Crippen LogP) is 5.38. The van der Waals surface area contributed by atoms with E-state index in [2.05, 4.69) is 20.5 Å². The van der Waals surface area contributed by atoms with Gasteiger partial charge >= 0.3 is 0 Å². The second-order valence-electron chi connectivity index (χ2n) is 5.64. The topological polar surface area (TPSA) is 83.3 Å². The van der Waals surface area contributed by atoms with Gasteiger partial charge in [-0.1, -0.05) is 35.3 Å². The number of amides is 1. The second kappa shape index (κ2) is 8.10. The summed E-state index contributed by atoms with van der Waals surface area (Å²) in [5.41, 5.74) is 4.53. The molecule has 6 nitrogen and oxygen atoms in total. The Morgan fingerprint density at radius 2 is 2.04 bits per heavy atom. The average molecular weight is 431 g/mol. The van der Waals surface area contributed by atoms with Gasteiger partial charge in [-0.25, -0.2) is 10.4 Å². The number of halogens is 2. The summed E-state index contributed by atoms with van der Waals surface area (Å²) >= 11 is 13.2. The van der Waals surface area contributed by atoms with Crippen LogP contribution in [0.1, 0.15) is 16.1 Å². The molecule has 0 radical (unpaired) electrons. The number of carbonyl (C=O) groups is 1. The molecule has 0 aliphatic carbocycles. The summed E-state index contributed by atoms with van der Waals surface area (Å²) in [6.07, 6.45) is 1.41. The van der Waals surface area contributed by atoms with Gasteiger partial charge in [-0.05, 0) is 54.2 Å². The first-order valence-corrected chi connectivity index (χ1v) is 9.66. The van der Waals surface area contributed by atoms with Crippen molar-refractivity contribution in [2.75, 3.05) is 0 Å². The molecule has 140 valence electrons. The number of furan rings is 1. The number of hydrazone groups is 1. The molecule has 0 spiro atoms. The summed E-state index contributed by atoms with van der Waals surface area (Å²) in [6.45, 7) is 0. The van der Waals surface area contributed by atoms with Crippen molar-refractivity contribution in [2.24, 2.45) is 5.10 Å². The van der Waals surface area contributed by atoms with E-state index in [1.165, 1.54) is 30.1 Å². The summed E-state index contributed by atoms with van der Waals surface area (Å²) in [4.78, 5) is 19.8. The van der Waals surface area contributed by atoms with Gasteiger partial charge in [-0.2, -0.15) is 5.10 Å².